The normalized spacial score (nSPS) is 9.56. The Balaban J connectivity index is 2.28. The Morgan fingerprint density at radius 2 is 2.11 bits per heavy atom. The summed E-state index contributed by atoms with van der Waals surface area (Å²) >= 11 is 0. The van der Waals surface area contributed by atoms with Crippen molar-refractivity contribution in [3.05, 3.63) is 59.5 Å². The molecule has 1 N–H and O–H groups in total. The minimum Gasteiger partial charge on any atom is -0.306 e. The van der Waals surface area contributed by atoms with Crippen molar-refractivity contribution in [2.75, 3.05) is 5.32 Å². The number of nitrogens with zero attached hydrogens (tertiary/aromatic N) is 2. The second-order valence-electron chi connectivity index (χ2n) is 3.45. The molecule has 88 valence electrons. The van der Waals surface area contributed by atoms with Gasteiger partial charge >= 0.3 is 0 Å². The number of pyridine rings is 1. The molecule has 2 aromatic rings. The monoisotopic (exact) mass is 241 g/mol. The standard InChI is InChI=1S/C13H8FN3O/c14-12-9(8-15)4-3-5-10(12)13(18)17-11-6-1-2-7-16-11/h1-7H,(H,16,17,18). The molecule has 1 aromatic heterocycles. The van der Waals surface area contributed by atoms with Gasteiger partial charge in [0.15, 0.2) is 5.82 Å². The molecule has 18 heavy (non-hydrogen) atoms. The molecule has 1 amide bonds. The van der Waals surface area contributed by atoms with Gasteiger partial charge in [-0.1, -0.05) is 12.1 Å². The number of hydrogen-bond acceptors (Lipinski definition) is 3. The SMILES string of the molecule is N#Cc1cccc(C(=O)Nc2ccccn2)c1F. The summed E-state index contributed by atoms with van der Waals surface area (Å²) in [6.07, 6.45) is 1.51. The molecule has 0 aliphatic carbocycles. The van der Waals surface area contributed by atoms with Crippen molar-refractivity contribution in [3.8, 4) is 6.07 Å². The van der Waals surface area contributed by atoms with Crippen molar-refractivity contribution in [1.29, 1.82) is 5.26 Å². The fourth-order valence-corrected chi connectivity index (χ4v) is 1.41. The Hall–Kier alpha value is -2.74. The first-order valence-electron chi connectivity index (χ1n) is 5.13. The number of nitrogens with one attached hydrogen (secondary N) is 1. The third-order valence-corrected chi connectivity index (χ3v) is 2.27. The Kier molecular flexibility index (Phi) is 3.30. The summed E-state index contributed by atoms with van der Waals surface area (Å²) < 4.78 is 13.7. The topological polar surface area (TPSA) is 65.8 Å². The molecule has 0 fully saturated rings. The van der Waals surface area contributed by atoms with E-state index in [1.807, 2.05) is 0 Å². The van der Waals surface area contributed by atoms with Crippen LogP contribution in [0.25, 0.3) is 0 Å². The fourth-order valence-electron chi connectivity index (χ4n) is 1.41. The molecule has 2 rings (SSSR count). The number of hydrogen-bond donors (Lipinski definition) is 1. The van der Waals surface area contributed by atoms with Crippen LogP contribution in [0.2, 0.25) is 0 Å². The maximum Gasteiger partial charge on any atom is 0.259 e. The highest BCUT2D eigenvalue weighted by Crippen LogP contribution is 2.13. The van der Waals surface area contributed by atoms with Crippen molar-refractivity contribution in [1.82, 2.24) is 4.98 Å². The zero-order valence-corrected chi connectivity index (χ0v) is 9.22. The van der Waals surface area contributed by atoms with Gasteiger partial charge in [-0.15, -0.1) is 0 Å². The molecule has 1 heterocycles. The summed E-state index contributed by atoms with van der Waals surface area (Å²) in [6, 6.07) is 10.8. The summed E-state index contributed by atoms with van der Waals surface area (Å²) in [7, 11) is 0. The van der Waals surface area contributed by atoms with Crippen molar-refractivity contribution in [3.63, 3.8) is 0 Å². The molecular weight excluding hydrogens is 233 g/mol. The first-order chi connectivity index (χ1) is 8.72. The summed E-state index contributed by atoms with van der Waals surface area (Å²) in [4.78, 5) is 15.7. The summed E-state index contributed by atoms with van der Waals surface area (Å²) in [5, 5.41) is 11.1. The van der Waals surface area contributed by atoms with E-state index in [9.17, 15) is 9.18 Å². The molecule has 0 radical (unpaired) electrons. The van der Waals surface area contributed by atoms with Gasteiger partial charge in [0.2, 0.25) is 0 Å². The third-order valence-electron chi connectivity index (χ3n) is 2.27. The van der Waals surface area contributed by atoms with E-state index in [-0.39, 0.29) is 11.1 Å². The van der Waals surface area contributed by atoms with Crippen LogP contribution in [-0.2, 0) is 0 Å². The second kappa shape index (κ2) is 5.06. The highest BCUT2D eigenvalue weighted by Gasteiger charge is 2.15. The zero-order chi connectivity index (χ0) is 13.0. The first kappa shape index (κ1) is 11.7. The number of benzene rings is 1. The molecule has 1 aromatic carbocycles. The maximum absolute atomic E-state index is 13.7. The molecule has 0 unspecified atom stereocenters. The molecule has 0 spiro atoms. The number of amides is 1. The zero-order valence-electron chi connectivity index (χ0n) is 9.22. The van der Waals surface area contributed by atoms with Crippen molar-refractivity contribution >= 4 is 11.7 Å². The van der Waals surface area contributed by atoms with Gasteiger partial charge in [-0.25, -0.2) is 9.37 Å². The Bertz CT molecular complexity index is 620. The second-order valence-corrected chi connectivity index (χ2v) is 3.45. The molecular formula is C13H8FN3O. The van der Waals surface area contributed by atoms with Gasteiger partial charge in [0, 0.05) is 6.20 Å². The molecule has 0 saturated heterocycles. The van der Waals surface area contributed by atoms with Crippen LogP contribution in [0.5, 0.6) is 0 Å². The predicted octanol–water partition coefficient (Wildman–Crippen LogP) is 2.34. The maximum atomic E-state index is 13.7. The Morgan fingerprint density at radius 3 is 2.78 bits per heavy atom. The van der Waals surface area contributed by atoms with E-state index in [1.165, 1.54) is 24.4 Å². The third kappa shape index (κ3) is 2.33. The molecule has 0 saturated carbocycles. The largest absolute Gasteiger partial charge is 0.306 e. The van der Waals surface area contributed by atoms with E-state index in [4.69, 9.17) is 5.26 Å². The van der Waals surface area contributed by atoms with Crippen LogP contribution in [0, 0.1) is 17.1 Å². The molecule has 5 heteroatoms. The van der Waals surface area contributed by atoms with E-state index in [2.05, 4.69) is 10.3 Å². The van der Waals surface area contributed by atoms with Gasteiger partial charge in [0.1, 0.15) is 11.9 Å². The number of rotatable bonds is 2. The summed E-state index contributed by atoms with van der Waals surface area (Å²) in [5.74, 6) is -1.14. The number of carbonyl (C=O) groups excluding carboxylic acids is 1. The predicted molar refractivity (Wildman–Crippen MR) is 63.3 cm³/mol. The average Bonchev–Trinajstić information content (AvgIpc) is 2.40. The molecule has 0 atom stereocenters. The molecule has 0 bridgehead atoms. The van der Waals surface area contributed by atoms with Crippen LogP contribution in [0.4, 0.5) is 10.2 Å². The first-order valence-corrected chi connectivity index (χ1v) is 5.13. The molecule has 0 aliphatic rings. The lowest BCUT2D eigenvalue weighted by Crippen LogP contribution is -2.15. The van der Waals surface area contributed by atoms with Crippen LogP contribution in [0.15, 0.2) is 42.6 Å². The van der Waals surface area contributed by atoms with Crippen molar-refractivity contribution in [2.45, 2.75) is 0 Å². The van der Waals surface area contributed by atoms with Gasteiger partial charge in [0.25, 0.3) is 5.91 Å². The van der Waals surface area contributed by atoms with E-state index in [1.54, 1.807) is 24.3 Å². The highest BCUT2D eigenvalue weighted by atomic mass is 19.1. The number of carbonyl (C=O) groups is 1. The summed E-state index contributed by atoms with van der Waals surface area (Å²) in [5.41, 5.74) is -0.344. The number of nitriles is 1. The van der Waals surface area contributed by atoms with Gasteiger partial charge in [0.05, 0.1) is 11.1 Å². The minimum atomic E-state index is -0.826. The van der Waals surface area contributed by atoms with E-state index >= 15 is 0 Å². The van der Waals surface area contributed by atoms with Gasteiger partial charge in [-0.3, -0.25) is 4.79 Å². The van der Waals surface area contributed by atoms with Gasteiger partial charge < -0.3 is 5.32 Å². The van der Waals surface area contributed by atoms with Crippen LogP contribution < -0.4 is 5.32 Å². The molecule has 4 nitrogen and oxygen atoms in total. The van der Waals surface area contributed by atoms with Crippen LogP contribution in [0.3, 0.4) is 0 Å². The smallest absolute Gasteiger partial charge is 0.259 e. The van der Waals surface area contributed by atoms with Crippen LogP contribution in [-0.4, -0.2) is 10.9 Å². The lowest BCUT2D eigenvalue weighted by Gasteiger charge is -2.05. The van der Waals surface area contributed by atoms with Crippen molar-refractivity contribution < 1.29 is 9.18 Å². The van der Waals surface area contributed by atoms with E-state index < -0.39 is 11.7 Å². The minimum absolute atomic E-state index is 0.163. The fraction of sp³-hybridized carbons (Fsp3) is 0. The number of anilines is 1. The molecule has 0 aliphatic heterocycles. The Morgan fingerprint density at radius 1 is 1.28 bits per heavy atom. The lowest BCUT2D eigenvalue weighted by atomic mass is 10.1. The van der Waals surface area contributed by atoms with Crippen molar-refractivity contribution in [2.24, 2.45) is 0 Å². The van der Waals surface area contributed by atoms with E-state index in [0.29, 0.717) is 5.82 Å². The lowest BCUT2D eigenvalue weighted by molar-refractivity contribution is 0.102. The Labute approximate surface area is 103 Å². The number of aromatic nitrogens is 1. The van der Waals surface area contributed by atoms with Crippen LogP contribution >= 0.6 is 0 Å². The van der Waals surface area contributed by atoms with Gasteiger partial charge in [-0.2, -0.15) is 5.26 Å². The highest BCUT2D eigenvalue weighted by molar-refractivity contribution is 6.04. The van der Waals surface area contributed by atoms with E-state index in [0.717, 1.165) is 0 Å². The van der Waals surface area contributed by atoms with Gasteiger partial charge in [-0.05, 0) is 24.3 Å². The van der Waals surface area contributed by atoms with Crippen LogP contribution in [0.1, 0.15) is 15.9 Å². The quantitative estimate of drug-likeness (QED) is 0.877. The number of halogens is 1. The average molecular weight is 241 g/mol. The summed E-state index contributed by atoms with van der Waals surface area (Å²) in [6.45, 7) is 0.